The van der Waals surface area contributed by atoms with Crippen LogP contribution in [0.25, 0.3) is 0 Å². The Balaban J connectivity index is 1.11. The SMILES string of the molecule is CC(C)C(=O)CCC(C)C1C(O)CC2(C)C3CCC4C(C)(C)C(OC5OC(CO)C(O)C(O)C5OC5OC(CO)C(O)C(O)C5O)CCC45CC35CC(O)C12C. The molecule has 9 N–H and O–H groups in total. The Morgan fingerprint density at radius 2 is 1.34 bits per heavy atom. The second-order valence-electron chi connectivity index (χ2n) is 20.5. The predicted molar refractivity (Wildman–Crippen MR) is 199 cm³/mol. The van der Waals surface area contributed by atoms with E-state index < -0.39 is 104 Å². The van der Waals surface area contributed by atoms with Gasteiger partial charge >= 0.3 is 0 Å². The fourth-order valence-electron chi connectivity index (χ4n) is 14.4. The van der Waals surface area contributed by atoms with E-state index >= 15 is 0 Å². The van der Waals surface area contributed by atoms with E-state index in [0.717, 1.165) is 25.7 Å². The van der Waals surface area contributed by atoms with Gasteiger partial charge in [0.1, 0.15) is 54.6 Å². The molecule has 2 spiro atoms. The Hall–Kier alpha value is -0.850. The highest BCUT2D eigenvalue weighted by molar-refractivity contribution is 5.80. The van der Waals surface area contributed by atoms with Gasteiger partial charge in [0.25, 0.3) is 0 Å². The van der Waals surface area contributed by atoms with Gasteiger partial charge in [0, 0.05) is 17.8 Å². The summed E-state index contributed by atoms with van der Waals surface area (Å²) in [5.41, 5.74) is -1.35. The summed E-state index contributed by atoms with van der Waals surface area (Å²) in [4.78, 5) is 12.6. The maximum atomic E-state index is 12.6. The lowest BCUT2D eigenvalue weighted by Gasteiger charge is -2.64. The van der Waals surface area contributed by atoms with Crippen LogP contribution >= 0.6 is 0 Å². The molecule has 0 aromatic heterocycles. The number of carbonyl (C=O) groups is 1. The molecular weight excluding hydrogens is 728 g/mol. The van der Waals surface area contributed by atoms with E-state index in [1.807, 2.05) is 13.8 Å². The molecule has 14 heteroatoms. The van der Waals surface area contributed by atoms with E-state index in [1.54, 1.807) is 0 Å². The van der Waals surface area contributed by atoms with Crippen LogP contribution in [0.4, 0.5) is 0 Å². The van der Waals surface area contributed by atoms with Gasteiger partial charge in [-0.15, -0.1) is 0 Å². The molecule has 322 valence electrons. The van der Waals surface area contributed by atoms with Crippen molar-refractivity contribution in [3.8, 4) is 0 Å². The molecule has 7 fully saturated rings. The van der Waals surface area contributed by atoms with Crippen LogP contribution in [0, 0.1) is 56.7 Å². The first kappa shape index (κ1) is 43.2. The van der Waals surface area contributed by atoms with Crippen LogP contribution in [0.2, 0.25) is 0 Å². The lowest BCUT2D eigenvalue weighted by molar-refractivity contribution is -0.377. The molecule has 0 bridgehead atoms. The molecule has 0 aromatic carbocycles. The summed E-state index contributed by atoms with van der Waals surface area (Å²) < 4.78 is 24.3. The van der Waals surface area contributed by atoms with Gasteiger partial charge in [0.15, 0.2) is 12.6 Å². The average molecular weight is 799 g/mol. The lowest BCUT2D eigenvalue weighted by Crippen LogP contribution is -2.65. The quantitative estimate of drug-likeness (QED) is 0.133. The van der Waals surface area contributed by atoms with Crippen LogP contribution in [-0.2, 0) is 23.7 Å². The number of rotatable bonds is 11. The van der Waals surface area contributed by atoms with Crippen molar-refractivity contribution in [2.75, 3.05) is 13.2 Å². The third-order valence-corrected chi connectivity index (χ3v) is 17.5. The monoisotopic (exact) mass is 798 g/mol. The largest absolute Gasteiger partial charge is 0.394 e. The molecule has 2 heterocycles. The Labute approximate surface area is 330 Å². The minimum absolute atomic E-state index is 0.0268. The molecule has 2 aliphatic heterocycles. The van der Waals surface area contributed by atoms with Crippen molar-refractivity contribution < 1.29 is 69.7 Å². The van der Waals surface area contributed by atoms with Crippen molar-refractivity contribution in [1.82, 2.24) is 0 Å². The molecule has 56 heavy (non-hydrogen) atoms. The van der Waals surface area contributed by atoms with Crippen molar-refractivity contribution >= 4 is 5.78 Å². The van der Waals surface area contributed by atoms with Crippen LogP contribution < -0.4 is 0 Å². The highest BCUT2D eigenvalue weighted by Gasteiger charge is 2.84. The summed E-state index contributed by atoms with van der Waals surface area (Å²) in [5, 5.41) is 97.5. The molecule has 7 aliphatic rings. The zero-order chi connectivity index (χ0) is 41.1. The van der Waals surface area contributed by atoms with Crippen LogP contribution in [-0.4, -0.2) is 145 Å². The molecule has 21 unspecified atom stereocenters. The molecule has 0 radical (unpaired) electrons. The van der Waals surface area contributed by atoms with Crippen molar-refractivity contribution in [1.29, 1.82) is 0 Å². The van der Waals surface area contributed by atoms with Gasteiger partial charge in [-0.05, 0) is 96.7 Å². The average Bonchev–Trinajstić information content (AvgIpc) is 3.74. The minimum Gasteiger partial charge on any atom is -0.394 e. The zero-order valence-corrected chi connectivity index (χ0v) is 34.2. The van der Waals surface area contributed by atoms with Gasteiger partial charge in [-0.1, -0.05) is 48.5 Å². The van der Waals surface area contributed by atoms with Crippen molar-refractivity contribution in [2.45, 2.75) is 186 Å². The molecule has 7 rings (SSSR count). The van der Waals surface area contributed by atoms with E-state index in [4.69, 9.17) is 18.9 Å². The topological polar surface area (TPSA) is 236 Å². The summed E-state index contributed by atoms with van der Waals surface area (Å²) in [7, 11) is 0. The normalized spacial score (nSPS) is 54.1. The first-order valence-corrected chi connectivity index (χ1v) is 21.3. The summed E-state index contributed by atoms with van der Waals surface area (Å²) >= 11 is 0. The molecule has 14 nitrogen and oxygen atoms in total. The fraction of sp³-hybridized carbons (Fsp3) is 0.976. The molecule has 2 saturated heterocycles. The predicted octanol–water partition coefficient (Wildman–Crippen LogP) is 1.02. The number of carbonyl (C=O) groups excluding carboxylic acids is 1. The van der Waals surface area contributed by atoms with Gasteiger partial charge in [0.2, 0.25) is 0 Å². The standard InChI is InChI=1S/C42H70O14/c1-19(2)21(45)9-8-20(3)29-22(46)14-39(6)26-11-10-25-38(4,5)28(12-13-41(25)18-42(26,41)15-27(47)40(29,39)7)55-37-35(33(51)31(49)24(17-44)54-37)56-36-34(52)32(50)30(48)23(16-43)53-36/h19-20,22-37,43-44,46-52H,8-18H2,1-7H3. The number of Topliss-reactive ketones (excluding diaryl/α,β-unsaturated/α-hetero) is 1. The van der Waals surface area contributed by atoms with E-state index in [2.05, 4.69) is 34.6 Å². The molecule has 5 saturated carbocycles. The third kappa shape index (κ3) is 6.16. The smallest absolute Gasteiger partial charge is 0.187 e. The number of ether oxygens (including phenoxy) is 4. The van der Waals surface area contributed by atoms with Crippen LogP contribution in [0.3, 0.4) is 0 Å². The maximum absolute atomic E-state index is 12.6. The van der Waals surface area contributed by atoms with Gasteiger partial charge in [-0.2, -0.15) is 0 Å². The second-order valence-corrected chi connectivity index (χ2v) is 20.5. The van der Waals surface area contributed by atoms with Crippen molar-refractivity contribution in [2.24, 2.45) is 56.7 Å². The number of aliphatic hydroxyl groups excluding tert-OH is 9. The van der Waals surface area contributed by atoms with Crippen LogP contribution in [0.1, 0.15) is 106 Å². The number of hydrogen-bond donors (Lipinski definition) is 9. The van der Waals surface area contributed by atoms with Crippen molar-refractivity contribution in [3.05, 3.63) is 0 Å². The van der Waals surface area contributed by atoms with Crippen LogP contribution in [0.15, 0.2) is 0 Å². The highest BCUT2D eigenvalue weighted by Crippen LogP contribution is 2.89. The summed E-state index contributed by atoms with van der Waals surface area (Å²) in [6.07, 6.45) is -9.96. The number of hydrogen-bond acceptors (Lipinski definition) is 14. The third-order valence-electron chi connectivity index (χ3n) is 17.5. The molecule has 0 amide bonds. The lowest BCUT2D eigenvalue weighted by atomic mass is 9.41. The van der Waals surface area contributed by atoms with Gasteiger partial charge in [0.05, 0.1) is 31.5 Å². The Morgan fingerprint density at radius 1 is 0.732 bits per heavy atom. The number of aliphatic hydroxyl groups is 9. The summed E-state index contributed by atoms with van der Waals surface area (Å²) in [5.74, 6) is 0.705. The Kier molecular flexibility index (Phi) is 11.5. The summed E-state index contributed by atoms with van der Waals surface area (Å²) in [6, 6.07) is 0. The van der Waals surface area contributed by atoms with Crippen molar-refractivity contribution in [3.63, 3.8) is 0 Å². The van der Waals surface area contributed by atoms with Gasteiger partial charge in [-0.25, -0.2) is 0 Å². The Bertz CT molecular complexity index is 1440. The second kappa shape index (κ2) is 15.0. The number of fused-ring (bicyclic) bond motifs is 2. The summed E-state index contributed by atoms with van der Waals surface area (Å²) in [6.45, 7) is 13.6. The zero-order valence-electron chi connectivity index (χ0n) is 34.2. The van der Waals surface area contributed by atoms with E-state index in [9.17, 15) is 50.8 Å². The number of ketones is 1. The minimum atomic E-state index is -1.76. The van der Waals surface area contributed by atoms with E-state index in [0.29, 0.717) is 38.0 Å². The molecule has 5 aliphatic carbocycles. The molecule has 21 atom stereocenters. The van der Waals surface area contributed by atoms with E-state index in [1.165, 1.54) is 0 Å². The van der Waals surface area contributed by atoms with Gasteiger partial charge < -0.3 is 64.9 Å². The first-order valence-electron chi connectivity index (χ1n) is 21.3. The fourth-order valence-corrected chi connectivity index (χ4v) is 14.4. The Morgan fingerprint density at radius 3 is 1.96 bits per heavy atom. The first-order chi connectivity index (χ1) is 26.2. The van der Waals surface area contributed by atoms with Gasteiger partial charge in [-0.3, -0.25) is 4.79 Å². The molecule has 0 aromatic rings. The molecular formula is C42H70O14. The van der Waals surface area contributed by atoms with Crippen LogP contribution in [0.5, 0.6) is 0 Å². The highest BCUT2D eigenvalue weighted by atomic mass is 16.8. The maximum Gasteiger partial charge on any atom is 0.187 e. The van der Waals surface area contributed by atoms with E-state index in [-0.39, 0.29) is 45.7 Å².